The Morgan fingerprint density at radius 2 is 1.84 bits per heavy atom. The van der Waals surface area contributed by atoms with E-state index in [1.165, 1.54) is 31.2 Å². The lowest BCUT2D eigenvalue weighted by atomic mass is 10.1. The maximum atomic E-state index is 5.96. The molecule has 2 N–H and O–H groups in total. The molecule has 4 rings (SSSR count). The van der Waals surface area contributed by atoms with Crippen LogP contribution in [0, 0.1) is 0 Å². The highest BCUT2D eigenvalue weighted by molar-refractivity contribution is 5.36. The number of nitrogen functional groups attached to an aromatic ring is 1. The fourth-order valence-corrected chi connectivity index (χ4v) is 3.82. The van der Waals surface area contributed by atoms with E-state index in [2.05, 4.69) is 31.1 Å². The minimum Gasteiger partial charge on any atom is -0.368 e. The van der Waals surface area contributed by atoms with Crippen molar-refractivity contribution in [2.75, 3.05) is 36.8 Å². The van der Waals surface area contributed by atoms with Crippen LogP contribution in [0.25, 0.3) is 0 Å². The van der Waals surface area contributed by atoms with E-state index >= 15 is 0 Å². The molecule has 2 aromatic rings. The predicted octanol–water partition coefficient (Wildman–Crippen LogP) is 1.17. The number of hydrogen-bond donors (Lipinski definition) is 1. The SMILES string of the molecule is Cn1cc(CN2CCN(c3nc(N)nc(C4CCCC4)n3)CC2)cn1. The topological polar surface area (TPSA) is 89.0 Å². The number of nitrogens with zero attached hydrogens (tertiary/aromatic N) is 7. The Kier molecular flexibility index (Phi) is 4.52. The molecule has 0 unspecified atom stereocenters. The molecule has 0 radical (unpaired) electrons. The molecule has 2 aliphatic rings. The largest absolute Gasteiger partial charge is 0.368 e. The van der Waals surface area contributed by atoms with Gasteiger partial charge in [0, 0.05) is 57.4 Å². The van der Waals surface area contributed by atoms with Gasteiger partial charge in [-0.15, -0.1) is 0 Å². The first-order chi connectivity index (χ1) is 12.2. The lowest BCUT2D eigenvalue weighted by molar-refractivity contribution is 0.248. The van der Waals surface area contributed by atoms with E-state index in [4.69, 9.17) is 10.7 Å². The van der Waals surface area contributed by atoms with Crippen LogP contribution < -0.4 is 10.6 Å². The Bertz CT molecular complexity index is 713. The molecule has 0 bridgehead atoms. The van der Waals surface area contributed by atoms with Crippen LogP contribution in [-0.4, -0.2) is 55.8 Å². The van der Waals surface area contributed by atoms with Crippen molar-refractivity contribution in [3.05, 3.63) is 23.8 Å². The average molecular weight is 342 g/mol. The van der Waals surface area contributed by atoms with Gasteiger partial charge in [0.15, 0.2) is 0 Å². The van der Waals surface area contributed by atoms with Gasteiger partial charge in [0.2, 0.25) is 11.9 Å². The van der Waals surface area contributed by atoms with Crippen molar-refractivity contribution >= 4 is 11.9 Å². The van der Waals surface area contributed by atoms with Crippen molar-refractivity contribution < 1.29 is 0 Å². The Hall–Kier alpha value is -2.22. The van der Waals surface area contributed by atoms with Crippen molar-refractivity contribution in [1.29, 1.82) is 0 Å². The molecule has 1 aliphatic heterocycles. The molecular weight excluding hydrogens is 316 g/mol. The predicted molar refractivity (Wildman–Crippen MR) is 96.1 cm³/mol. The molecule has 8 nitrogen and oxygen atoms in total. The maximum absolute atomic E-state index is 5.96. The number of aromatic nitrogens is 5. The highest BCUT2D eigenvalue weighted by Gasteiger charge is 2.24. The molecule has 0 atom stereocenters. The maximum Gasteiger partial charge on any atom is 0.230 e. The van der Waals surface area contributed by atoms with Crippen LogP contribution in [0.3, 0.4) is 0 Å². The number of rotatable bonds is 4. The first-order valence-electron chi connectivity index (χ1n) is 9.13. The number of aryl methyl sites for hydroxylation is 1. The smallest absolute Gasteiger partial charge is 0.230 e. The summed E-state index contributed by atoms with van der Waals surface area (Å²) < 4.78 is 1.85. The zero-order chi connectivity index (χ0) is 17.2. The van der Waals surface area contributed by atoms with Crippen molar-refractivity contribution in [3.63, 3.8) is 0 Å². The van der Waals surface area contributed by atoms with Crippen LogP contribution in [0.2, 0.25) is 0 Å². The monoisotopic (exact) mass is 342 g/mol. The number of hydrogen-bond acceptors (Lipinski definition) is 7. The minimum absolute atomic E-state index is 0.352. The van der Waals surface area contributed by atoms with Crippen molar-refractivity contribution in [2.24, 2.45) is 7.05 Å². The van der Waals surface area contributed by atoms with E-state index in [0.29, 0.717) is 11.9 Å². The van der Waals surface area contributed by atoms with Crippen LogP contribution in [0.4, 0.5) is 11.9 Å². The normalized spacial score (nSPS) is 19.6. The Morgan fingerprint density at radius 1 is 1.08 bits per heavy atom. The molecule has 0 aromatic carbocycles. The summed E-state index contributed by atoms with van der Waals surface area (Å²) in [5.74, 6) is 2.44. The summed E-state index contributed by atoms with van der Waals surface area (Å²) in [4.78, 5) is 18.2. The van der Waals surface area contributed by atoms with E-state index in [-0.39, 0.29) is 0 Å². The molecule has 1 saturated carbocycles. The first-order valence-corrected chi connectivity index (χ1v) is 9.13. The summed E-state index contributed by atoms with van der Waals surface area (Å²) in [6, 6.07) is 0. The van der Waals surface area contributed by atoms with E-state index < -0.39 is 0 Å². The van der Waals surface area contributed by atoms with Gasteiger partial charge in [0.05, 0.1) is 6.20 Å². The Balaban J connectivity index is 1.40. The van der Waals surface area contributed by atoms with Crippen molar-refractivity contribution in [3.8, 4) is 0 Å². The molecule has 2 fully saturated rings. The van der Waals surface area contributed by atoms with Gasteiger partial charge in [-0.05, 0) is 12.8 Å². The zero-order valence-electron chi connectivity index (χ0n) is 14.8. The van der Waals surface area contributed by atoms with Gasteiger partial charge < -0.3 is 10.6 Å². The molecule has 0 amide bonds. The van der Waals surface area contributed by atoms with E-state index in [1.54, 1.807) is 0 Å². The van der Waals surface area contributed by atoms with Crippen LogP contribution in [0.15, 0.2) is 12.4 Å². The second-order valence-electron chi connectivity index (χ2n) is 7.12. The highest BCUT2D eigenvalue weighted by atomic mass is 15.3. The van der Waals surface area contributed by atoms with Crippen LogP contribution in [-0.2, 0) is 13.6 Å². The number of anilines is 2. The summed E-state index contributed by atoms with van der Waals surface area (Å²) >= 11 is 0. The molecule has 3 heterocycles. The summed E-state index contributed by atoms with van der Waals surface area (Å²) in [5.41, 5.74) is 7.21. The summed E-state index contributed by atoms with van der Waals surface area (Å²) in [6.07, 6.45) is 8.88. The minimum atomic E-state index is 0.352. The molecule has 0 spiro atoms. The third-order valence-corrected chi connectivity index (χ3v) is 5.20. The van der Waals surface area contributed by atoms with Crippen molar-refractivity contribution in [1.82, 2.24) is 29.6 Å². The highest BCUT2D eigenvalue weighted by Crippen LogP contribution is 2.32. The lowest BCUT2D eigenvalue weighted by Crippen LogP contribution is -2.46. The van der Waals surface area contributed by atoms with Gasteiger partial charge in [0.1, 0.15) is 5.82 Å². The Labute approximate surface area is 148 Å². The van der Waals surface area contributed by atoms with E-state index in [0.717, 1.165) is 44.5 Å². The fraction of sp³-hybridized carbons (Fsp3) is 0.647. The fourth-order valence-electron chi connectivity index (χ4n) is 3.82. The number of nitrogens with two attached hydrogens (primary N) is 1. The zero-order valence-corrected chi connectivity index (χ0v) is 14.8. The summed E-state index contributed by atoms with van der Waals surface area (Å²) in [6.45, 7) is 4.73. The van der Waals surface area contributed by atoms with Gasteiger partial charge in [-0.1, -0.05) is 12.8 Å². The molecule has 2 aromatic heterocycles. The first kappa shape index (κ1) is 16.3. The van der Waals surface area contributed by atoms with Gasteiger partial charge in [-0.25, -0.2) is 0 Å². The molecular formula is C17H26N8. The quantitative estimate of drug-likeness (QED) is 0.892. The molecule has 25 heavy (non-hydrogen) atoms. The molecule has 134 valence electrons. The van der Waals surface area contributed by atoms with E-state index in [1.807, 2.05) is 17.9 Å². The van der Waals surface area contributed by atoms with Crippen molar-refractivity contribution in [2.45, 2.75) is 38.1 Å². The van der Waals surface area contributed by atoms with Gasteiger partial charge in [-0.2, -0.15) is 20.1 Å². The summed E-state index contributed by atoms with van der Waals surface area (Å²) in [5, 5.41) is 4.24. The van der Waals surface area contributed by atoms with Gasteiger partial charge in [-0.3, -0.25) is 9.58 Å². The third-order valence-electron chi connectivity index (χ3n) is 5.20. The Morgan fingerprint density at radius 3 is 2.52 bits per heavy atom. The average Bonchev–Trinajstić information content (AvgIpc) is 3.27. The van der Waals surface area contributed by atoms with Gasteiger partial charge in [0.25, 0.3) is 0 Å². The third kappa shape index (κ3) is 3.73. The summed E-state index contributed by atoms with van der Waals surface area (Å²) in [7, 11) is 1.95. The van der Waals surface area contributed by atoms with Crippen LogP contribution in [0.5, 0.6) is 0 Å². The number of piperazine rings is 1. The molecule has 8 heteroatoms. The van der Waals surface area contributed by atoms with E-state index in [9.17, 15) is 0 Å². The van der Waals surface area contributed by atoms with Crippen LogP contribution in [0.1, 0.15) is 43.0 Å². The second-order valence-corrected chi connectivity index (χ2v) is 7.12. The van der Waals surface area contributed by atoms with Crippen LogP contribution >= 0.6 is 0 Å². The second kappa shape index (κ2) is 6.95. The molecule has 1 aliphatic carbocycles. The standard InChI is InChI=1S/C17H26N8/c1-23-11-13(10-19-23)12-24-6-8-25(9-7-24)17-21-15(20-16(18)22-17)14-4-2-3-5-14/h10-11,14H,2-9,12H2,1H3,(H2,18,20,21,22). The lowest BCUT2D eigenvalue weighted by Gasteiger charge is -2.34. The molecule has 1 saturated heterocycles. The van der Waals surface area contributed by atoms with Gasteiger partial charge >= 0.3 is 0 Å².